The Morgan fingerprint density at radius 1 is 1.42 bits per heavy atom. The maximum Gasteiger partial charge on any atom is 0.147 e. The van der Waals surface area contributed by atoms with E-state index >= 15 is 0 Å². The monoisotopic (exact) mass is 344 g/mol. The SMILES string of the molecule is CS(=O)(=O)CCC(CC#N)n1cc(-c2ncnc3[nH]ccc23)cn1. The molecule has 24 heavy (non-hydrogen) atoms. The van der Waals surface area contributed by atoms with E-state index in [4.69, 9.17) is 5.26 Å². The minimum absolute atomic E-state index is 0.0180. The number of aromatic amines is 1. The molecule has 3 aromatic heterocycles. The molecule has 0 aliphatic carbocycles. The lowest BCUT2D eigenvalue weighted by molar-refractivity contribution is 0.447. The van der Waals surface area contributed by atoms with Crippen LogP contribution >= 0.6 is 0 Å². The first-order valence-corrected chi connectivity index (χ1v) is 9.41. The fourth-order valence-electron chi connectivity index (χ4n) is 2.55. The number of nitriles is 1. The molecule has 0 radical (unpaired) electrons. The van der Waals surface area contributed by atoms with Crippen LogP contribution in [-0.4, -0.2) is 45.2 Å². The maximum absolute atomic E-state index is 11.4. The normalized spacial score (nSPS) is 13.0. The van der Waals surface area contributed by atoms with Crippen LogP contribution in [0, 0.1) is 11.3 Å². The summed E-state index contributed by atoms with van der Waals surface area (Å²) < 4.78 is 24.4. The molecule has 9 heteroatoms. The Morgan fingerprint density at radius 3 is 3.00 bits per heavy atom. The van der Waals surface area contributed by atoms with E-state index < -0.39 is 9.84 Å². The number of fused-ring (bicyclic) bond motifs is 1. The van der Waals surface area contributed by atoms with Gasteiger partial charge in [-0.05, 0) is 12.5 Å². The molecule has 8 nitrogen and oxygen atoms in total. The maximum atomic E-state index is 11.4. The Morgan fingerprint density at radius 2 is 2.25 bits per heavy atom. The number of hydrogen-bond donors (Lipinski definition) is 1. The molecule has 0 saturated carbocycles. The summed E-state index contributed by atoms with van der Waals surface area (Å²) in [6.07, 6.45) is 8.45. The molecule has 3 rings (SSSR count). The second-order valence-corrected chi connectivity index (χ2v) is 7.87. The van der Waals surface area contributed by atoms with Gasteiger partial charge >= 0.3 is 0 Å². The number of nitrogens with zero attached hydrogens (tertiary/aromatic N) is 5. The second kappa shape index (κ2) is 6.41. The van der Waals surface area contributed by atoms with Crippen LogP contribution in [0.25, 0.3) is 22.3 Å². The van der Waals surface area contributed by atoms with Crippen LogP contribution in [-0.2, 0) is 9.84 Å². The smallest absolute Gasteiger partial charge is 0.147 e. The molecule has 0 fully saturated rings. The van der Waals surface area contributed by atoms with Crippen molar-refractivity contribution in [1.82, 2.24) is 24.7 Å². The van der Waals surface area contributed by atoms with Crippen molar-refractivity contribution in [2.24, 2.45) is 0 Å². The van der Waals surface area contributed by atoms with E-state index in [1.165, 1.54) is 12.6 Å². The minimum Gasteiger partial charge on any atom is -0.346 e. The van der Waals surface area contributed by atoms with Gasteiger partial charge in [-0.2, -0.15) is 10.4 Å². The molecule has 0 aliphatic heterocycles. The van der Waals surface area contributed by atoms with Crippen molar-refractivity contribution in [3.8, 4) is 17.3 Å². The Hall–Kier alpha value is -2.73. The van der Waals surface area contributed by atoms with E-state index in [-0.39, 0.29) is 18.2 Å². The van der Waals surface area contributed by atoms with Gasteiger partial charge in [-0.3, -0.25) is 4.68 Å². The molecular formula is C15H16N6O2S. The second-order valence-electron chi connectivity index (χ2n) is 5.61. The van der Waals surface area contributed by atoms with Gasteiger partial charge < -0.3 is 4.98 Å². The fourth-order valence-corrected chi connectivity index (χ4v) is 3.25. The molecule has 0 saturated heterocycles. The number of aromatic nitrogens is 5. The molecule has 0 aliphatic rings. The molecule has 0 amide bonds. The van der Waals surface area contributed by atoms with E-state index in [2.05, 4.69) is 26.1 Å². The van der Waals surface area contributed by atoms with E-state index in [1.54, 1.807) is 23.3 Å². The van der Waals surface area contributed by atoms with Gasteiger partial charge in [0.25, 0.3) is 0 Å². The van der Waals surface area contributed by atoms with Gasteiger partial charge in [-0.15, -0.1) is 0 Å². The highest BCUT2D eigenvalue weighted by Crippen LogP contribution is 2.26. The topological polar surface area (TPSA) is 117 Å². The van der Waals surface area contributed by atoms with Crippen molar-refractivity contribution in [3.05, 3.63) is 31.0 Å². The third kappa shape index (κ3) is 3.44. The summed E-state index contributed by atoms with van der Waals surface area (Å²) >= 11 is 0. The minimum atomic E-state index is -3.09. The largest absolute Gasteiger partial charge is 0.346 e. The molecular weight excluding hydrogens is 328 g/mol. The summed E-state index contributed by atoms with van der Waals surface area (Å²) in [5.41, 5.74) is 2.27. The van der Waals surface area contributed by atoms with Crippen molar-refractivity contribution >= 4 is 20.9 Å². The van der Waals surface area contributed by atoms with Crippen molar-refractivity contribution in [1.29, 1.82) is 5.26 Å². The fraction of sp³-hybridized carbons (Fsp3) is 0.333. The Labute approximate surface area is 139 Å². The van der Waals surface area contributed by atoms with Crippen LogP contribution < -0.4 is 0 Å². The van der Waals surface area contributed by atoms with Crippen LogP contribution in [0.15, 0.2) is 31.0 Å². The van der Waals surface area contributed by atoms with E-state index in [1.807, 2.05) is 6.07 Å². The number of H-pyrrole nitrogens is 1. The van der Waals surface area contributed by atoms with Gasteiger partial charge in [0.1, 0.15) is 21.8 Å². The zero-order valence-corrected chi connectivity index (χ0v) is 13.9. The van der Waals surface area contributed by atoms with Crippen LogP contribution in [0.5, 0.6) is 0 Å². The molecule has 1 N–H and O–H groups in total. The molecule has 0 bridgehead atoms. The van der Waals surface area contributed by atoms with E-state index in [9.17, 15) is 8.42 Å². The standard InChI is InChI=1S/C15H16N6O2S/c1-24(22,23)7-4-12(2-5-16)21-9-11(8-20-21)14-13-3-6-17-15(13)19-10-18-14/h3,6,8-10,12H,2,4,7H2,1H3,(H,17,18,19). The van der Waals surface area contributed by atoms with Crippen molar-refractivity contribution in [3.63, 3.8) is 0 Å². The Balaban J connectivity index is 1.91. The first kappa shape index (κ1) is 16.1. The van der Waals surface area contributed by atoms with Crippen LogP contribution in [0.1, 0.15) is 18.9 Å². The van der Waals surface area contributed by atoms with Crippen molar-refractivity contribution < 1.29 is 8.42 Å². The zero-order chi connectivity index (χ0) is 17.2. The third-order valence-electron chi connectivity index (χ3n) is 3.75. The average Bonchev–Trinajstić information content (AvgIpc) is 3.19. The molecule has 3 aromatic rings. The van der Waals surface area contributed by atoms with Crippen molar-refractivity contribution in [2.75, 3.05) is 12.0 Å². The quantitative estimate of drug-likeness (QED) is 0.727. The van der Waals surface area contributed by atoms with E-state index in [0.29, 0.717) is 6.42 Å². The summed E-state index contributed by atoms with van der Waals surface area (Å²) in [7, 11) is -3.09. The van der Waals surface area contributed by atoms with Gasteiger partial charge in [-0.1, -0.05) is 0 Å². The predicted molar refractivity (Wildman–Crippen MR) is 88.7 cm³/mol. The zero-order valence-electron chi connectivity index (χ0n) is 13.0. The molecule has 0 aromatic carbocycles. The number of sulfone groups is 1. The molecule has 0 spiro atoms. The van der Waals surface area contributed by atoms with Crippen LogP contribution in [0.3, 0.4) is 0 Å². The highest BCUT2D eigenvalue weighted by Gasteiger charge is 2.17. The van der Waals surface area contributed by atoms with Crippen molar-refractivity contribution in [2.45, 2.75) is 18.9 Å². The number of hydrogen-bond acceptors (Lipinski definition) is 6. The molecule has 1 unspecified atom stereocenters. The van der Waals surface area contributed by atoms with Gasteiger partial charge in [0.2, 0.25) is 0 Å². The lowest BCUT2D eigenvalue weighted by Crippen LogP contribution is -2.14. The summed E-state index contributed by atoms with van der Waals surface area (Å²) in [4.78, 5) is 11.5. The summed E-state index contributed by atoms with van der Waals surface area (Å²) in [5, 5.41) is 14.2. The number of nitrogens with one attached hydrogen (secondary N) is 1. The van der Waals surface area contributed by atoms with E-state index in [0.717, 1.165) is 22.3 Å². The first-order chi connectivity index (χ1) is 11.5. The van der Waals surface area contributed by atoms with Gasteiger partial charge in [0.05, 0.1) is 36.2 Å². The summed E-state index contributed by atoms with van der Waals surface area (Å²) in [5.74, 6) is 0.0180. The molecule has 3 heterocycles. The lowest BCUT2D eigenvalue weighted by atomic mass is 10.1. The average molecular weight is 344 g/mol. The Bertz CT molecular complexity index is 998. The summed E-state index contributed by atoms with van der Waals surface area (Å²) in [6, 6.07) is 3.69. The lowest BCUT2D eigenvalue weighted by Gasteiger charge is -2.13. The highest BCUT2D eigenvalue weighted by atomic mass is 32.2. The number of rotatable bonds is 6. The predicted octanol–water partition coefficient (Wildman–Crippen LogP) is 1.71. The van der Waals surface area contributed by atoms with Crippen LogP contribution in [0.4, 0.5) is 0 Å². The third-order valence-corrected chi connectivity index (χ3v) is 4.73. The van der Waals surface area contributed by atoms with Crippen LogP contribution in [0.2, 0.25) is 0 Å². The molecule has 1 atom stereocenters. The Kier molecular flexibility index (Phi) is 4.31. The summed E-state index contributed by atoms with van der Waals surface area (Å²) in [6.45, 7) is 0. The van der Waals surface area contributed by atoms with Gasteiger partial charge in [-0.25, -0.2) is 18.4 Å². The first-order valence-electron chi connectivity index (χ1n) is 7.35. The van der Waals surface area contributed by atoms with Gasteiger partial charge in [0.15, 0.2) is 0 Å². The molecule has 124 valence electrons. The highest BCUT2D eigenvalue weighted by molar-refractivity contribution is 7.90. The van der Waals surface area contributed by atoms with Gasteiger partial charge in [0, 0.05) is 29.6 Å².